The molecule has 6 N–H and O–H groups in total. The van der Waals surface area contributed by atoms with Crippen molar-refractivity contribution in [1.82, 2.24) is 10.6 Å². The minimum Gasteiger partial charge on any atom is -0.352 e. The first-order valence-corrected chi connectivity index (χ1v) is 15.8. The van der Waals surface area contributed by atoms with Gasteiger partial charge >= 0.3 is 0 Å². The number of benzene rings is 1. The quantitative estimate of drug-likeness (QED) is 0.0552. The Labute approximate surface area is 248 Å². The van der Waals surface area contributed by atoms with Gasteiger partial charge in [-0.2, -0.15) is 0 Å². The van der Waals surface area contributed by atoms with Gasteiger partial charge in [0.25, 0.3) is 0 Å². The van der Waals surface area contributed by atoms with Crippen molar-refractivity contribution in [3.63, 3.8) is 0 Å². The number of carbonyl (C=O) groups is 3. The smallest absolute Gasteiger partial charge is 0.243 e. The Balaban J connectivity index is 2.06. The third-order valence-electron chi connectivity index (χ3n) is 7.00. The third-order valence-corrected chi connectivity index (χ3v) is 7.00. The van der Waals surface area contributed by atoms with Crippen molar-refractivity contribution in [2.24, 2.45) is 16.5 Å². The maximum Gasteiger partial charge on any atom is 0.243 e. The van der Waals surface area contributed by atoms with Gasteiger partial charge in [-0.3, -0.25) is 19.4 Å². The number of hydrogen-bond donors (Lipinski definition) is 4. The predicted octanol–water partition coefficient (Wildman–Crippen LogP) is 5.23. The molecule has 0 heterocycles. The summed E-state index contributed by atoms with van der Waals surface area (Å²) in [5.74, 6) is -0.556. The number of hydrogen-bond acceptors (Lipinski definition) is 6. The summed E-state index contributed by atoms with van der Waals surface area (Å²) < 4.78 is 0. The molecule has 2 amide bonds. The summed E-state index contributed by atoms with van der Waals surface area (Å²) in [5.41, 5.74) is 12.5. The average Bonchev–Trinajstić information content (AvgIpc) is 2.99. The average molecular weight is 570 g/mol. The fraction of sp³-hybridized carbons (Fsp3) is 0.636. The van der Waals surface area contributed by atoms with E-state index in [1.807, 2.05) is 0 Å². The van der Waals surface area contributed by atoms with Crippen molar-refractivity contribution in [2.45, 2.75) is 109 Å². The fourth-order valence-electron chi connectivity index (χ4n) is 4.44. The molecule has 1 aromatic carbocycles. The number of aliphatic imine (C=N–C) groups is 1. The minimum atomic E-state index is -0.744. The number of amides is 2. The van der Waals surface area contributed by atoms with E-state index >= 15 is 0 Å². The number of nitrogens with two attached hydrogens (primary N) is 2. The Morgan fingerprint density at radius 3 is 2.00 bits per heavy atom. The number of nitrogens with one attached hydrogen (secondary N) is 2. The maximum atomic E-state index is 12.4. The van der Waals surface area contributed by atoms with E-state index in [0.29, 0.717) is 25.1 Å². The first kappa shape index (κ1) is 36.2. The van der Waals surface area contributed by atoms with E-state index in [0.717, 1.165) is 31.2 Å². The van der Waals surface area contributed by atoms with Gasteiger partial charge in [-0.25, -0.2) is 0 Å². The zero-order valence-corrected chi connectivity index (χ0v) is 25.4. The Bertz CT molecular complexity index is 899. The molecule has 0 bridgehead atoms. The molecule has 1 rings (SSSR count). The highest BCUT2D eigenvalue weighted by atomic mass is 16.2. The van der Waals surface area contributed by atoms with Crippen molar-refractivity contribution >= 4 is 23.8 Å². The molecule has 1 unspecified atom stereocenters. The number of carbonyl (C=O) groups excluding carboxylic acids is 3. The summed E-state index contributed by atoms with van der Waals surface area (Å²) in [7, 11) is 0. The van der Waals surface area contributed by atoms with Gasteiger partial charge in [-0.15, -0.1) is 0 Å². The van der Waals surface area contributed by atoms with E-state index in [2.05, 4.69) is 34.7 Å². The molecule has 0 spiro atoms. The van der Waals surface area contributed by atoms with E-state index in [4.69, 9.17) is 11.5 Å². The lowest BCUT2D eigenvalue weighted by atomic mass is 10.1. The number of allylic oxidation sites excluding steroid dienone is 2. The summed E-state index contributed by atoms with van der Waals surface area (Å²) in [5, 5.41) is 5.51. The molecule has 0 saturated carbocycles. The van der Waals surface area contributed by atoms with Gasteiger partial charge in [0, 0.05) is 31.3 Å². The molecular formula is C33H55N5O3. The largest absolute Gasteiger partial charge is 0.352 e. The van der Waals surface area contributed by atoms with E-state index in [9.17, 15) is 14.4 Å². The summed E-state index contributed by atoms with van der Waals surface area (Å²) in [6.45, 7) is 3.00. The zero-order chi connectivity index (χ0) is 30.0. The van der Waals surface area contributed by atoms with Crippen LogP contribution in [0.2, 0.25) is 0 Å². The normalized spacial score (nSPS) is 12.2. The number of Topliss-reactive ketones (excluding diaryl/α,β-unsaturated/α-hetero) is 1. The van der Waals surface area contributed by atoms with Gasteiger partial charge in [0.15, 0.2) is 5.78 Å². The lowest BCUT2D eigenvalue weighted by molar-refractivity contribution is -0.128. The first-order valence-electron chi connectivity index (χ1n) is 15.8. The zero-order valence-electron chi connectivity index (χ0n) is 25.4. The SMILES string of the molecule is CCCCCCCCCC=CCCCCCCCC(=O)NC(CN)C(=O)NCCN=Cc1ccc(C(=O)CN)cc1. The van der Waals surface area contributed by atoms with Crippen LogP contribution in [-0.2, 0) is 9.59 Å². The topological polar surface area (TPSA) is 140 Å². The van der Waals surface area contributed by atoms with Gasteiger partial charge in [0.2, 0.25) is 11.8 Å². The van der Waals surface area contributed by atoms with Crippen LogP contribution in [0.5, 0.6) is 0 Å². The fourth-order valence-corrected chi connectivity index (χ4v) is 4.44. The standard InChI is InChI=1S/C33H55N5O3/c1-2-3-4-5-6-7-8-9-10-11-12-13-14-15-16-17-18-32(40)38-30(25-34)33(41)37-24-23-36-27-28-19-21-29(22-20-28)31(39)26-35/h10-11,19-22,27,30H,2-9,12-18,23-26,34-35H2,1H3,(H,37,41)(H,38,40). The molecule has 41 heavy (non-hydrogen) atoms. The van der Waals surface area contributed by atoms with Gasteiger partial charge in [0.05, 0.1) is 13.1 Å². The van der Waals surface area contributed by atoms with Crippen LogP contribution in [-0.4, -0.2) is 56.0 Å². The van der Waals surface area contributed by atoms with Gasteiger partial charge < -0.3 is 22.1 Å². The Hall–Kier alpha value is -2.84. The Morgan fingerprint density at radius 1 is 0.829 bits per heavy atom. The molecule has 0 aliphatic rings. The molecule has 8 nitrogen and oxygen atoms in total. The molecule has 0 aliphatic heterocycles. The molecule has 1 aromatic rings. The van der Waals surface area contributed by atoms with Crippen molar-refractivity contribution in [1.29, 1.82) is 0 Å². The van der Waals surface area contributed by atoms with E-state index in [-0.39, 0.29) is 30.7 Å². The van der Waals surface area contributed by atoms with Crippen LogP contribution >= 0.6 is 0 Å². The summed E-state index contributed by atoms with van der Waals surface area (Å²) >= 11 is 0. The van der Waals surface area contributed by atoms with Crippen LogP contribution in [0.25, 0.3) is 0 Å². The highest BCUT2D eigenvalue weighted by molar-refractivity contribution is 5.98. The molecule has 0 aromatic heterocycles. The number of nitrogens with zero attached hydrogens (tertiary/aromatic N) is 1. The van der Waals surface area contributed by atoms with E-state index in [1.165, 1.54) is 64.2 Å². The van der Waals surface area contributed by atoms with E-state index in [1.54, 1.807) is 30.5 Å². The molecule has 0 fully saturated rings. The summed E-state index contributed by atoms with van der Waals surface area (Å²) in [6.07, 6.45) is 23.9. The lowest BCUT2D eigenvalue weighted by Gasteiger charge is -2.16. The Morgan fingerprint density at radius 2 is 1.41 bits per heavy atom. The number of unbranched alkanes of at least 4 members (excludes halogenated alkanes) is 12. The summed E-state index contributed by atoms with van der Waals surface area (Å²) in [6, 6.07) is 6.27. The predicted molar refractivity (Wildman–Crippen MR) is 170 cm³/mol. The lowest BCUT2D eigenvalue weighted by Crippen LogP contribution is -2.51. The second-order valence-electron chi connectivity index (χ2n) is 10.6. The molecule has 0 saturated heterocycles. The highest BCUT2D eigenvalue weighted by Gasteiger charge is 2.18. The third kappa shape index (κ3) is 19.0. The molecule has 0 radical (unpaired) electrons. The monoisotopic (exact) mass is 569 g/mol. The van der Waals surface area contributed by atoms with Crippen molar-refractivity contribution in [2.75, 3.05) is 26.2 Å². The van der Waals surface area contributed by atoms with Crippen LogP contribution in [0.4, 0.5) is 0 Å². The van der Waals surface area contributed by atoms with Crippen LogP contribution < -0.4 is 22.1 Å². The molecule has 0 aliphatic carbocycles. The molecule has 8 heteroatoms. The van der Waals surface area contributed by atoms with Crippen LogP contribution in [0, 0.1) is 0 Å². The van der Waals surface area contributed by atoms with Crippen molar-refractivity contribution < 1.29 is 14.4 Å². The first-order chi connectivity index (χ1) is 20.0. The molecule has 1 atom stereocenters. The second-order valence-corrected chi connectivity index (χ2v) is 10.6. The van der Waals surface area contributed by atoms with Crippen molar-refractivity contribution in [3.05, 3.63) is 47.5 Å². The highest BCUT2D eigenvalue weighted by Crippen LogP contribution is 2.10. The summed E-state index contributed by atoms with van der Waals surface area (Å²) in [4.78, 5) is 40.5. The van der Waals surface area contributed by atoms with Gasteiger partial charge in [0.1, 0.15) is 6.04 Å². The van der Waals surface area contributed by atoms with Crippen LogP contribution in [0.1, 0.15) is 119 Å². The minimum absolute atomic E-state index is 0.0188. The molecule has 230 valence electrons. The second kappa shape index (κ2) is 24.9. The van der Waals surface area contributed by atoms with Gasteiger partial charge in [-0.05, 0) is 37.7 Å². The maximum absolute atomic E-state index is 12.4. The van der Waals surface area contributed by atoms with Crippen LogP contribution in [0.15, 0.2) is 41.4 Å². The van der Waals surface area contributed by atoms with Gasteiger partial charge in [-0.1, -0.05) is 101 Å². The number of ketones is 1. The Kier molecular flexibility index (Phi) is 22.0. The number of rotatable bonds is 25. The molecular weight excluding hydrogens is 514 g/mol. The van der Waals surface area contributed by atoms with Crippen molar-refractivity contribution in [3.8, 4) is 0 Å². The van der Waals surface area contributed by atoms with Crippen LogP contribution in [0.3, 0.4) is 0 Å². The van der Waals surface area contributed by atoms with E-state index < -0.39 is 6.04 Å².